The van der Waals surface area contributed by atoms with Crippen LogP contribution in [0.15, 0.2) is 131 Å². The average Bonchev–Trinajstić information content (AvgIpc) is 3.63. The molecule has 3 nitrogen and oxygen atoms in total. The van der Waals surface area contributed by atoms with Crippen molar-refractivity contribution in [1.29, 1.82) is 0 Å². The van der Waals surface area contributed by atoms with Crippen molar-refractivity contribution in [2.45, 2.75) is 170 Å². The maximum atomic E-state index is 7.39. The first-order chi connectivity index (χ1) is 32.0. The number of benzene rings is 4. The Morgan fingerprint density at radius 2 is 1.47 bits per heavy atom. The van der Waals surface area contributed by atoms with Crippen molar-refractivity contribution >= 4 is 57.9 Å². The van der Waals surface area contributed by atoms with Crippen molar-refractivity contribution in [1.82, 2.24) is 0 Å². The number of hydrogen-bond donors (Lipinski definition) is 0. The molecule has 2 bridgehead atoms. The van der Waals surface area contributed by atoms with E-state index in [1.165, 1.54) is 51.8 Å². The number of fused-ring (bicyclic) bond motifs is 7. The molecule has 5 aromatic rings. The van der Waals surface area contributed by atoms with Gasteiger partial charge in [0.15, 0.2) is 0 Å². The Hall–Kier alpha value is -5.22. The van der Waals surface area contributed by atoms with E-state index in [0.717, 1.165) is 87.5 Å². The van der Waals surface area contributed by atoms with E-state index in [2.05, 4.69) is 212 Å². The predicted molar refractivity (Wildman–Crippen MR) is 298 cm³/mol. The fraction of sp³-hybridized carbons (Fsp3) is 0.438. The zero-order valence-corrected chi connectivity index (χ0v) is 44.5. The predicted octanol–water partition coefficient (Wildman–Crippen LogP) is 18.4. The van der Waals surface area contributed by atoms with Crippen molar-refractivity contribution in [2.75, 3.05) is 9.80 Å². The molecule has 0 amide bonds. The van der Waals surface area contributed by atoms with Gasteiger partial charge < -0.3 is 14.2 Å². The normalized spacial score (nSPS) is 20.6. The summed E-state index contributed by atoms with van der Waals surface area (Å²) in [5, 5.41) is 1.16. The van der Waals surface area contributed by atoms with E-state index in [1.54, 1.807) is 0 Å². The third-order valence-corrected chi connectivity index (χ3v) is 16.3. The number of nitrogens with zero attached hydrogens (tertiary/aromatic N) is 2. The third kappa shape index (κ3) is 9.07. The molecule has 1 aliphatic heterocycles. The van der Waals surface area contributed by atoms with Gasteiger partial charge in [-0.3, -0.25) is 0 Å². The summed E-state index contributed by atoms with van der Waals surface area (Å²) < 4.78 is 7.39. The lowest BCUT2D eigenvalue weighted by atomic mass is 9.61. The van der Waals surface area contributed by atoms with Gasteiger partial charge in [-0.2, -0.15) is 0 Å². The summed E-state index contributed by atoms with van der Waals surface area (Å²) in [6, 6.07) is 28.2. The van der Waals surface area contributed by atoms with Crippen LogP contribution in [0.4, 0.5) is 28.4 Å². The maximum absolute atomic E-state index is 7.39. The highest BCUT2D eigenvalue weighted by molar-refractivity contribution is 6.63. The van der Waals surface area contributed by atoms with Crippen LogP contribution in [0, 0.1) is 11.3 Å². The molecule has 68 heavy (non-hydrogen) atoms. The molecule has 0 N–H and O–H groups in total. The Balaban J connectivity index is 1.53. The topological polar surface area (TPSA) is 19.6 Å². The zero-order valence-electron chi connectivity index (χ0n) is 44.5. The molecule has 0 saturated carbocycles. The largest absolute Gasteiger partial charge is 0.469 e. The summed E-state index contributed by atoms with van der Waals surface area (Å²) in [4.78, 5) is 5.02. The summed E-state index contributed by atoms with van der Waals surface area (Å²) >= 11 is 0. The van der Waals surface area contributed by atoms with Gasteiger partial charge in [-0.05, 0) is 167 Å². The summed E-state index contributed by atoms with van der Waals surface area (Å²) in [5.74, 6) is 1.44. The van der Waals surface area contributed by atoms with E-state index < -0.39 is 0 Å². The molecule has 4 aromatic carbocycles. The SMILES string of the molecule is C=C/C=C\C(=C)c1c(N2/C(C)=C(/C=C(\CC(C)C)C(C)(C)CC)[B]c3oc4cc5c(cc4c3N(c3ccc(C(C)(C)C)cc3)c3cccc2c3)C(C)CCC5C)ccc2c1C(C)(C)CCC2(C)C. The van der Waals surface area contributed by atoms with Gasteiger partial charge >= 0.3 is 0 Å². The fourth-order valence-corrected chi connectivity index (χ4v) is 11.4. The van der Waals surface area contributed by atoms with Crippen molar-refractivity contribution in [3.63, 3.8) is 0 Å². The first kappa shape index (κ1) is 49.2. The minimum Gasteiger partial charge on any atom is -0.469 e. The standard InChI is InChI=1S/C64H80BN2O/c1-18-20-22-43(7)57-55(32-31-53-58(57)64(16,17)34-33-63(53,14)15)66-44(8)54(36-46(35-40(3)4)62(12,13)19-2)65-60-59(52-38-50-41(5)25-26-42(6)51(50)39-56(52)68-60)67(49-24-21-23-48(66)37-49)47-29-27-45(28-30-47)61(9,10)11/h18,20-24,27-32,36-42H,1,7,19,25-26,33-35H2,2-6,8-17H3/b22-20-,46-36+,54-44-. The van der Waals surface area contributed by atoms with E-state index >= 15 is 0 Å². The Bertz CT molecular complexity index is 2850. The van der Waals surface area contributed by atoms with Crippen LogP contribution in [0.5, 0.6) is 0 Å². The molecule has 4 heteroatoms. The first-order valence-corrected chi connectivity index (χ1v) is 25.8. The molecular formula is C64H80BN2O. The van der Waals surface area contributed by atoms with Gasteiger partial charge in [0.25, 0.3) is 0 Å². The molecule has 0 spiro atoms. The lowest BCUT2D eigenvalue weighted by molar-refractivity contribution is 0.331. The Morgan fingerprint density at radius 3 is 2.09 bits per heavy atom. The maximum Gasteiger partial charge on any atom is 0.246 e. The second-order valence-electron chi connectivity index (χ2n) is 24.1. The van der Waals surface area contributed by atoms with Crippen LogP contribution in [0.3, 0.4) is 0 Å². The highest BCUT2D eigenvalue weighted by Crippen LogP contribution is 2.53. The minimum absolute atomic E-state index is 0.0164. The molecule has 0 saturated heterocycles. The summed E-state index contributed by atoms with van der Waals surface area (Å²) in [6.07, 6.45) is 15.2. The Labute approximate surface area is 412 Å². The smallest absolute Gasteiger partial charge is 0.246 e. The fourth-order valence-electron chi connectivity index (χ4n) is 11.4. The molecule has 355 valence electrons. The van der Waals surface area contributed by atoms with Crippen LogP contribution in [-0.4, -0.2) is 7.28 Å². The van der Waals surface area contributed by atoms with E-state index in [1.807, 2.05) is 12.2 Å². The average molecular weight is 904 g/mol. The number of hydrogen-bond acceptors (Lipinski definition) is 3. The van der Waals surface area contributed by atoms with Gasteiger partial charge in [-0.25, -0.2) is 0 Å². The van der Waals surface area contributed by atoms with Gasteiger partial charge in [0.05, 0.1) is 17.0 Å². The highest BCUT2D eigenvalue weighted by atomic mass is 16.3. The van der Waals surface area contributed by atoms with Gasteiger partial charge in [0.1, 0.15) is 5.58 Å². The summed E-state index contributed by atoms with van der Waals surface area (Å²) in [6.45, 7) is 44.5. The summed E-state index contributed by atoms with van der Waals surface area (Å²) in [7, 11) is 2.38. The van der Waals surface area contributed by atoms with Crippen molar-refractivity contribution in [3.8, 4) is 0 Å². The molecule has 2 atom stereocenters. The van der Waals surface area contributed by atoms with Crippen LogP contribution < -0.4 is 15.5 Å². The van der Waals surface area contributed by atoms with Crippen LogP contribution in [0.2, 0.25) is 0 Å². The van der Waals surface area contributed by atoms with Gasteiger partial charge in [-0.1, -0.05) is 170 Å². The number of allylic oxidation sites excluding steroid dienone is 8. The first-order valence-electron chi connectivity index (χ1n) is 25.8. The number of rotatable bonds is 10. The molecular weight excluding hydrogens is 824 g/mol. The molecule has 1 aromatic heterocycles. The molecule has 0 fully saturated rings. The van der Waals surface area contributed by atoms with Gasteiger partial charge in [0.2, 0.25) is 7.28 Å². The van der Waals surface area contributed by atoms with Gasteiger partial charge in [-0.15, -0.1) is 0 Å². The second kappa shape index (κ2) is 18.3. The highest BCUT2D eigenvalue weighted by Gasteiger charge is 2.41. The van der Waals surface area contributed by atoms with Crippen LogP contribution in [-0.2, 0) is 16.2 Å². The van der Waals surface area contributed by atoms with Crippen molar-refractivity contribution in [3.05, 3.63) is 160 Å². The molecule has 2 unspecified atom stereocenters. The lowest BCUT2D eigenvalue weighted by Gasteiger charge is -2.45. The van der Waals surface area contributed by atoms with Crippen molar-refractivity contribution < 1.29 is 4.42 Å². The van der Waals surface area contributed by atoms with Crippen LogP contribution >= 0.6 is 0 Å². The number of anilines is 5. The quantitative estimate of drug-likeness (QED) is 0.103. The van der Waals surface area contributed by atoms with E-state index in [4.69, 9.17) is 11.0 Å². The Morgan fingerprint density at radius 1 is 0.838 bits per heavy atom. The van der Waals surface area contributed by atoms with Crippen LogP contribution in [0.1, 0.15) is 188 Å². The van der Waals surface area contributed by atoms with E-state index in [0.29, 0.717) is 17.8 Å². The van der Waals surface area contributed by atoms with E-state index in [-0.39, 0.29) is 21.7 Å². The number of furan rings is 1. The second-order valence-corrected chi connectivity index (χ2v) is 24.1. The van der Waals surface area contributed by atoms with Crippen molar-refractivity contribution in [2.24, 2.45) is 11.3 Å². The molecule has 1 radical (unpaired) electrons. The monoisotopic (exact) mass is 904 g/mol. The van der Waals surface area contributed by atoms with E-state index in [9.17, 15) is 0 Å². The summed E-state index contributed by atoms with van der Waals surface area (Å²) in [5.41, 5.74) is 20.2. The third-order valence-electron chi connectivity index (χ3n) is 16.3. The minimum atomic E-state index is -0.0739. The molecule has 3 aliphatic rings. The lowest BCUT2D eigenvalue weighted by Crippen LogP contribution is -2.35. The molecule has 8 rings (SSSR count). The Kier molecular flexibility index (Phi) is 13.2. The van der Waals surface area contributed by atoms with Gasteiger partial charge in [0, 0.05) is 33.7 Å². The molecule has 2 heterocycles. The molecule has 2 aliphatic carbocycles. The van der Waals surface area contributed by atoms with Crippen LogP contribution in [0.25, 0.3) is 16.5 Å². The zero-order chi connectivity index (χ0) is 49.2.